The zero-order valence-corrected chi connectivity index (χ0v) is 13.9. The molecular formula is C18H16F6O2. The number of halogens is 6. The molecule has 2 aromatic rings. The summed E-state index contributed by atoms with van der Waals surface area (Å²) in [6, 6.07) is 10.2. The third kappa shape index (κ3) is 4.23. The van der Waals surface area contributed by atoms with E-state index in [2.05, 4.69) is 9.47 Å². The van der Waals surface area contributed by atoms with Crippen molar-refractivity contribution in [3.63, 3.8) is 0 Å². The lowest BCUT2D eigenvalue weighted by Crippen LogP contribution is -2.56. The Labute approximate surface area is 146 Å². The van der Waals surface area contributed by atoms with E-state index >= 15 is 0 Å². The molecule has 26 heavy (non-hydrogen) atoms. The predicted octanol–water partition coefficient (Wildman–Crippen LogP) is 5.62. The monoisotopic (exact) mass is 378 g/mol. The SMILES string of the molecule is Cc1ccc(OC(F)C(F)(F)C(F)(F)C(F)Oc2ccc(C)cc2)cc1. The van der Waals surface area contributed by atoms with Gasteiger partial charge >= 0.3 is 24.6 Å². The summed E-state index contributed by atoms with van der Waals surface area (Å²) in [6.07, 6.45) is -7.56. The number of rotatable bonds is 7. The molecule has 0 spiro atoms. The van der Waals surface area contributed by atoms with Gasteiger partial charge in [0.1, 0.15) is 11.5 Å². The van der Waals surface area contributed by atoms with E-state index in [4.69, 9.17) is 0 Å². The molecule has 0 heterocycles. The van der Waals surface area contributed by atoms with Gasteiger partial charge in [0.2, 0.25) is 0 Å². The van der Waals surface area contributed by atoms with Gasteiger partial charge in [0.15, 0.2) is 0 Å². The highest BCUT2D eigenvalue weighted by molar-refractivity contribution is 5.27. The molecule has 0 amide bonds. The highest BCUT2D eigenvalue weighted by Gasteiger charge is 2.69. The summed E-state index contributed by atoms with van der Waals surface area (Å²) in [7, 11) is 0. The fourth-order valence-corrected chi connectivity index (χ4v) is 1.92. The summed E-state index contributed by atoms with van der Waals surface area (Å²) in [5.41, 5.74) is 1.44. The smallest absolute Gasteiger partial charge is 0.381 e. The molecule has 0 aliphatic heterocycles. The number of hydrogen-bond donors (Lipinski definition) is 0. The molecule has 0 aliphatic rings. The molecule has 0 fully saturated rings. The van der Waals surface area contributed by atoms with Crippen LogP contribution in [0.2, 0.25) is 0 Å². The molecule has 0 N–H and O–H groups in total. The Kier molecular flexibility index (Phi) is 5.73. The van der Waals surface area contributed by atoms with Crippen LogP contribution in [0.25, 0.3) is 0 Å². The molecule has 0 saturated heterocycles. The fraction of sp³-hybridized carbons (Fsp3) is 0.333. The van der Waals surface area contributed by atoms with Gasteiger partial charge in [-0.3, -0.25) is 0 Å². The van der Waals surface area contributed by atoms with Gasteiger partial charge < -0.3 is 9.47 Å². The molecule has 2 nitrogen and oxygen atoms in total. The van der Waals surface area contributed by atoms with Crippen LogP contribution in [0.5, 0.6) is 11.5 Å². The molecule has 2 rings (SSSR count). The molecule has 0 bridgehead atoms. The predicted molar refractivity (Wildman–Crippen MR) is 83.3 cm³/mol. The maximum Gasteiger partial charge on any atom is 0.381 e. The first kappa shape index (κ1) is 19.9. The molecule has 2 unspecified atom stereocenters. The fourth-order valence-electron chi connectivity index (χ4n) is 1.92. The number of ether oxygens (including phenoxy) is 2. The summed E-state index contributed by atoms with van der Waals surface area (Å²) in [4.78, 5) is 0. The van der Waals surface area contributed by atoms with Crippen LogP contribution in [0, 0.1) is 13.8 Å². The van der Waals surface area contributed by atoms with Gasteiger partial charge in [-0.15, -0.1) is 0 Å². The van der Waals surface area contributed by atoms with Gasteiger partial charge in [-0.25, -0.2) is 0 Å². The molecule has 0 radical (unpaired) electrons. The Morgan fingerprint density at radius 2 is 0.885 bits per heavy atom. The third-order valence-corrected chi connectivity index (χ3v) is 3.54. The first-order chi connectivity index (χ1) is 12.0. The van der Waals surface area contributed by atoms with Crippen LogP contribution in [0.1, 0.15) is 11.1 Å². The maximum absolute atomic E-state index is 13.8. The van der Waals surface area contributed by atoms with Gasteiger partial charge in [0, 0.05) is 0 Å². The highest BCUT2D eigenvalue weighted by atomic mass is 19.3. The van der Waals surface area contributed by atoms with Crippen molar-refractivity contribution in [2.75, 3.05) is 0 Å². The topological polar surface area (TPSA) is 18.5 Å². The van der Waals surface area contributed by atoms with Crippen molar-refractivity contribution in [2.45, 2.75) is 38.4 Å². The molecule has 2 aromatic carbocycles. The summed E-state index contributed by atoms with van der Waals surface area (Å²) in [6.45, 7) is 3.35. The van der Waals surface area contributed by atoms with E-state index in [1.807, 2.05) is 0 Å². The van der Waals surface area contributed by atoms with Gasteiger partial charge in [0.05, 0.1) is 0 Å². The van der Waals surface area contributed by atoms with E-state index in [1.54, 1.807) is 13.8 Å². The van der Waals surface area contributed by atoms with Crippen molar-refractivity contribution in [3.05, 3.63) is 59.7 Å². The van der Waals surface area contributed by atoms with Crippen molar-refractivity contribution in [2.24, 2.45) is 0 Å². The lowest BCUT2D eigenvalue weighted by atomic mass is 10.1. The molecular weight excluding hydrogens is 362 g/mol. The van der Waals surface area contributed by atoms with E-state index in [0.29, 0.717) is 0 Å². The molecule has 0 saturated carbocycles. The molecule has 0 aromatic heterocycles. The van der Waals surface area contributed by atoms with Crippen LogP contribution in [0.3, 0.4) is 0 Å². The Bertz CT molecular complexity index is 652. The van der Waals surface area contributed by atoms with E-state index in [9.17, 15) is 26.3 Å². The molecule has 0 aliphatic carbocycles. The quantitative estimate of drug-likeness (QED) is 0.582. The summed E-state index contributed by atoms with van der Waals surface area (Å²) < 4.78 is 91.1. The lowest BCUT2D eigenvalue weighted by Gasteiger charge is -2.30. The zero-order valence-electron chi connectivity index (χ0n) is 13.9. The number of alkyl halides is 6. The van der Waals surface area contributed by atoms with E-state index in [-0.39, 0.29) is 0 Å². The van der Waals surface area contributed by atoms with Crippen molar-refractivity contribution >= 4 is 0 Å². The molecule has 142 valence electrons. The van der Waals surface area contributed by atoms with Crippen LogP contribution in [0.15, 0.2) is 48.5 Å². The largest absolute Gasteiger partial charge is 0.454 e. The first-order valence-electron chi connectivity index (χ1n) is 7.54. The van der Waals surface area contributed by atoms with Crippen molar-refractivity contribution < 1.29 is 35.8 Å². The standard InChI is InChI=1S/C18H16F6O2/c1-11-3-7-13(8-4-11)25-15(19)17(21,22)18(23,24)16(20)26-14-9-5-12(2)6-10-14/h3-10,15-16H,1-2H3. The summed E-state index contributed by atoms with van der Waals surface area (Å²) in [5.74, 6) is -11.7. The van der Waals surface area contributed by atoms with Crippen LogP contribution >= 0.6 is 0 Å². The van der Waals surface area contributed by atoms with Gasteiger partial charge in [0.25, 0.3) is 0 Å². The van der Waals surface area contributed by atoms with Gasteiger partial charge in [-0.2, -0.15) is 26.3 Å². The van der Waals surface area contributed by atoms with Crippen LogP contribution in [-0.2, 0) is 0 Å². The second-order valence-corrected chi connectivity index (χ2v) is 5.74. The second-order valence-electron chi connectivity index (χ2n) is 5.74. The molecule has 8 heteroatoms. The van der Waals surface area contributed by atoms with Gasteiger partial charge in [-0.1, -0.05) is 35.4 Å². The first-order valence-corrected chi connectivity index (χ1v) is 7.54. The Morgan fingerprint density at radius 1 is 0.615 bits per heavy atom. The van der Waals surface area contributed by atoms with Crippen molar-refractivity contribution in [1.29, 1.82) is 0 Å². The number of hydrogen-bond acceptors (Lipinski definition) is 2. The summed E-state index contributed by atoms with van der Waals surface area (Å²) >= 11 is 0. The Hall–Kier alpha value is -2.38. The number of benzene rings is 2. The number of aryl methyl sites for hydroxylation is 2. The van der Waals surface area contributed by atoms with Crippen LogP contribution < -0.4 is 9.47 Å². The summed E-state index contributed by atoms with van der Waals surface area (Å²) in [5, 5.41) is 0. The second kappa shape index (κ2) is 7.47. The minimum atomic E-state index is -5.47. The Morgan fingerprint density at radius 3 is 1.15 bits per heavy atom. The van der Waals surface area contributed by atoms with Crippen LogP contribution in [0.4, 0.5) is 26.3 Å². The minimum absolute atomic E-state index is 0.395. The molecule has 2 atom stereocenters. The van der Waals surface area contributed by atoms with Crippen LogP contribution in [-0.4, -0.2) is 24.6 Å². The minimum Gasteiger partial charge on any atom is -0.454 e. The van der Waals surface area contributed by atoms with Gasteiger partial charge in [-0.05, 0) is 38.1 Å². The van der Waals surface area contributed by atoms with Crippen molar-refractivity contribution in [3.8, 4) is 11.5 Å². The third-order valence-electron chi connectivity index (χ3n) is 3.54. The average molecular weight is 378 g/mol. The maximum atomic E-state index is 13.8. The zero-order chi connectivity index (χ0) is 19.5. The lowest BCUT2D eigenvalue weighted by molar-refractivity contribution is -0.318. The average Bonchev–Trinajstić information content (AvgIpc) is 2.58. The highest BCUT2D eigenvalue weighted by Crippen LogP contribution is 2.43. The van der Waals surface area contributed by atoms with E-state index < -0.39 is 36.1 Å². The normalized spacial score (nSPS) is 14.6. The van der Waals surface area contributed by atoms with E-state index in [0.717, 1.165) is 35.4 Å². The van der Waals surface area contributed by atoms with E-state index in [1.165, 1.54) is 24.3 Å². The van der Waals surface area contributed by atoms with Crippen molar-refractivity contribution in [1.82, 2.24) is 0 Å². The Balaban J connectivity index is 2.12.